The Morgan fingerprint density at radius 3 is 1.84 bits per heavy atom. The van der Waals surface area contributed by atoms with Gasteiger partial charge in [-0.3, -0.25) is 24.2 Å². The number of nitrogens with zero attached hydrogens (tertiary/aromatic N) is 8. The van der Waals surface area contributed by atoms with Gasteiger partial charge >= 0.3 is 0 Å². The van der Waals surface area contributed by atoms with Gasteiger partial charge in [0.05, 0.1) is 62.0 Å². The summed E-state index contributed by atoms with van der Waals surface area (Å²) in [6.07, 6.45) is 3.17. The molecule has 2 aromatic carbocycles. The first-order valence-corrected chi connectivity index (χ1v) is 21.1. The quantitative estimate of drug-likeness (QED) is 0.0944. The summed E-state index contributed by atoms with van der Waals surface area (Å²) in [5.74, 6) is 1.67. The van der Waals surface area contributed by atoms with Crippen LogP contribution >= 0.6 is 0 Å². The standard InChI is InChI=1S/2C22H29N5O4.2CH4/c1-5-7-18-23-14(3)19-21(28)24-20(25-27(18)19)16-12-15(8-9-17(16)30-6-2)22(29)13-26(4)10-11-31-22;1-5-7-19-23-14(3)20-22(30)24-21(25-27(19)20)16-12-15(8-9-18(16)31-6-2)17(29)13-26(4)10-11-28;;/h8-9,12,29H,5-7,10-11,13H2,1-4H3,(H,24,25,28);8-9,12,28H,5-7,10-11,13H2,1-4H3,(H,24,25,30);2*1H4. The number of β-amino-alcohol motifs (C(OH)–C–C–N with tert-alkyl or cyclic N) is 1. The van der Waals surface area contributed by atoms with E-state index in [1.54, 1.807) is 64.3 Å². The Labute approximate surface area is 374 Å². The molecule has 4 aromatic heterocycles. The van der Waals surface area contributed by atoms with Gasteiger partial charge < -0.3 is 34.4 Å². The predicted molar refractivity (Wildman–Crippen MR) is 248 cm³/mol. The number of ketones is 1. The number of imidazole rings is 2. The van der Waals surface area contributed by atoms with Crippen molar-refractivity contribution < 1.29 is 29.2 Å². The predicted octanol–water partition coefficient (Wildman–Crippen LogP) is 4.97. The SMILES string of the molecule is C.C.CCCc1nc(C)c2c(=O)[nH]c(-c3cc(C(=O)CN(C)CCO)ccc3OCC)nn12.CCCc1nc(C)c2c(=O)[nH]c(-c3cc(C4(O)CN(C)CCO4)ccc3OCC)nn12. The van der Waals surface area contributed by atoms with Gasteiger partial charge in [-0.15, -0.1) is 10.2 Å². The van der Waals surface area contributed by atoms with Gasteiger partial charge in [0.2, 0.25) is 5.79 Å². The molecule has 1 unspecified atom stereocenters. The lowest BCUT2D eigenvalue weighted by atomic mass is 10.00. The number of aromatic nitrogens is 8. The van der Waals surface area contributed by atoms with E-state index < -0.39 is 5.79 Å². The molecule has 18 nitrogen and oxygen atoms in total. The topological polar surface area (TPSA) is 218 Å². The number of likely N-dealkylation sites (N-methyl/N-ethyl adjacent to an activating group) is 2. The fraction of sp³-hybridized carbons (Fsp3) is 0.500. The van der Waals surface area contributed by atoms with Crippen molar-refractivity contribution in [3.05, 3.63) is 91.3 Å². The summed E-state index contributed by atoms with van der Waals surface area (Å²) in [5.41, 5.74) is 3.75. The van der Waals surface area contributed by atoms with E-state index in [0.717, 1.165) is 31.0 Å². The maximum absolute atomic E-state index is 12.9. The number of ether oxygens (including phenoxy) is 3. The highest BCUT2D eigenvalue weighted by Crippen LogP contribution is 2.35. The van der Waals surface area contributed by atoms with Gasteiger partial charge in [0, 0.05) is 37.1 Å². The zero-order valence-corrected chi connectivity index (χ0v) is 36.9. The first-order chi connectivity index (χ1) is 29.7. The molecule has 7 rings (SSSR count). The van der Waals surface area contributed by atoms with Gasteiger partial charge in [0.25, 0.3) is 11.1 Å². The van der Waals surface area contributed by atoms with Crippen LogP contribution in [0.5, 0.6) is 11.5 Å². The van der Waals surface area contributed by atoms with Gasteiger partial charge in [0.15, 0.2) is 28.5 Å². The highest BCUT2D eigenvalue weighted by Gasteiger charge is 2.36. The molecule has 1 fully saturated rings. The van der Waals surface area contributed by atoms with Crippen molar-refractivity contribution in [2.45, 2.75) is 87.9 Å². The molecule has 0 bridgehead atoms. The smallest absolute Gasteiger partial charge is 0.277 e. The lowest BCUT2D eigenvalue weighted by Crippen LogP contribution is -2.48. The lowest BCUT2D eigenvalue weighted by Gasteiger charge is -2.37. The Bertz CT molecular complexity index is 2650. The normalized spacial score (nSPS) is 15.1. The largest absolute Gasteiger partial charge is 0.493 e. The molecule has 1 aliphatic rings. The number of hydrogen-bond donors (Lipinski definition) is 4. The molecule has 0 saturated carbocycles. The molecule has 0 aliphatic carbocycles. The van der Waals surface area contributed by atoms with Crippen molar-refractivity contribution in [3.63, 3.8) is 0 Å². The third-order valence-electron chi connectivity index (χ3n) is 10.5. The van der Waals surface area contributed by atoms with Gasteiger partial charge in [-0.2, -0.15) is 0 Å². The van der Waals surface area contributed by atoms with Crippen LogP contribution in [0.15, 0.2) is 46.0 Å². The summed E-state index contributed by atoms with van der Waals surface area (Å²) < 4.78 is 20.5. The molecule has 64 heavy (non-hydrogen) atoms. The average molecular weight is 887 g/mol. The van der Waals surface area contributed by atoms with Crippen LogP contribution in [-0.4, -0.2) is 132 Å². The first kappa shape index (κ1) is 50.9. The summed E-state index contributed by atoms with van der Waals surface area (Å²) in [4.78, 5) is 56.9. The van der Waals surface area contributed by atoms with Crippen LogP contribution in [0.3, 0.4) is 0 Å². The summed E-state index contributed by atoms with van der Waals surface area (Å²) >= 11 is 0. The third kappa shape index (κ3) is 10.9. The van der Waals surface area contributed by atoms with Crippen LogP contribution in [0.25, 0.3) is 33.8 Å². The summed E-state index contributed by atoms with van der Waals surface area (Å²) in [6, 6.07) is 10.4. The van der Waals surface area contributed by atoms with E-state index in [0.29, 0.717) is 114 Å². The van der Waals surface area contributed by atoms with E-state index in [1.165, 1.54) is 0 Å². The highest BCUT2D eigenvalue weighted by atomic mass is 16.6. The van der Waals surface area contributed by atoms with Crippen LogP contribution in [0, 0.1) is 13.8 Å². The number of carbonyl (C=O) groups is 1. The molecule has 0 radical (unpaired) electrons. The number of hydrogen-bond acceptors (Lipinski definition) is 14. The second-order valence-electron chi connectivity index (χ2n) is 15.4. The van der Waals surface area contributed by atoms with E-state index >= 15 is 0 Å². The van der Waals surface area contributed by atoms with Crippen LogP contribution in [-0.2, 0) is 23.4 Å². The molecule has 6 aromatic rings. The number of morpholine rings is 1. The van der Waals surface area contributed by atoms with E-state index in [9.17, 15) is 19.5 Å². The Hall–Kier alpha value is -5.79. The minimum atomic E-state index is -1.45. The molecule has 1 atom stereocenters. The molecule has 4 N–H and O–H groups in total. The van der Waals surface area contributed by atoms with Gasteiger partial charge in [-0.25, -0.2) is 19.0 Å². The van der Waals surface area contributed by atoms with E-state index in [1.807, 2.05) is 39.6 Å². The lowest BCUT2D eigenvalue weighted by molar-refractivity contribution is -0.245. The molecule has 5 heterocycles. The van der Waals surface area contributed by atoms with Crippen molar-refractivity contribution in [3.8, 4) is 34.3 Å². The molecule has 18 heteroatoms. The molecule has 348 valence electrons. The number of fused-ring (bicyclic) bond motifs is 2. The average Bonchev–Trinajstić information content (AvgIpc) is 3.73. The number of aliphatic hydroxyl groups is 2. The Balaban J connectivity index is 0.000000272. The van der Waals surface area contributed by atoms with Crippen molar-refractivity contribution in [1.82, 2.24) is 49.0 Å². The van der Waals surface area contributed by atoms with Crippen molar-refractivity contribution in [2.75, 3.05) is 66.7 Å². The number of Topliss-reactive ketones (excluding diaryl/α,β-unsaturated/α-hetero) is 1. The number of carbonyl (C=O) groups excluding carboxylic acids is 1. The zero-order chi connectivity index (χ0) is 44.7. The maximum Gasteiger partial charge on any atom is 0.277 e. The minimum absolute atomic E-state index is 0. The van der Waals surface area contributed by atoms with E-state index in [2.05, 4.69) is 32.0 Å². The van der Waals surface area contributed by atoms with Crippen LogP contribution in [0.4, 0.5) is 0 Å². The molecule has 0 amide bonds. The van der Waals surface area contributed by atoms with Gasteiger partial charge in [0.1, 0.15) is 23.1 Å². The number of H-pyrrole nitrogens is 2. The number of aliphatic hydroxyl groups excluding tert-OH is 1. The first-order valence-electron chi connectivity index (χ1n) is 21.1. The van der Waals surface area contributed by atoms with Gasteiger partial charge in [-0.1, -0.05) is 28.7 Å². The number of nitrogens with one attached hydrogen (secondary N) is 2. The van der Waals surface area contributed by atoms with Crippen molar-refractivity contribution in [1.29, 1.82) is 0 Å². The molecule has 1 saturated heterocycles. The highest BCUT2D eigenvalue weighted by molar-refractivity contribution is 5.99. The summed E-state index contributed by atoms with van der Waals surface area (Å²) in [7, 11) is 3.71. The van der Waals surface area contributed by atoms with Crippen LogP contribution in [0.1, 0.15) is 94.3 Å². The Kier molecular flexibility index (Phi) is 17.6. The molecular weight excluding hydrogens is 821 g/mol. The Morgan fingerprint density at radius 2 is 1.36 bits per heavy atom. The second kappa shape index (κ2) is 22.2. The Morgan fingerprint density at radius 1 is 0.844 bits per heavy atom. The molecule has 1 aliphatic heterocycles. The number of aryl methyl sites for hydroxylation is 4. The van der Waals surface area contributed by atoms with Crippen LogP contribution < -0.4 is 20.6 Å². The number of aromatic amines is 2. The number of benzene rings is 2. The van der Waals surface area contributed by atoms with Crippen LogP contribution in [0.2, 0.25) is 0 Å². The second-order valence-corrected chi connectivity index (χ2v) is 15.4. The maximum atomic E-state index is 12.9. The number of rotatable bonds is 16. The summed E-state index contributed by atoms with van der Waals surface area (Å²) in [5, 5.41) is 29.5. The third-order valence-corrected chi connectivity index (χ3v) is 10.5. The van der Waals surface area contributed by atoms with E-state index in [4.69, 9.17) is 24.4 Å². The summed E-state index contributed by atoms with van der Waals surface area (Å²) in [6.45, 7) is 14.4. The fourth-order valence-electron chi connectivity index (χ4n) is 7.52. The minimum Gasteiger partial charge on any atom is -0.493 e. The monoisotopic (exact) mass is 887 g/mol. The van der Waals surface area contributed by atoms with Gasteiger partial charge in [-0.05, 0) is 91.0 Å². The zero-order valence-electron chi connectivity index (χ0n) is 36.9. The van der Waals surface area contributed by atoms with Crippen molar-refractivity contribution >= 4 is 16.8 Å². The van der Waals surface area contributed by atoms with Crippen molar-refractivity contribution in [2.24, 2.45) is 0 Å². The molecule has 0 spiro atoms. The van der Waals surface area contributed by atoms with E-state index in [-0.39, 0.29) is 44.9 Å². The fourth-order valence-corrected chi connectivity index (χ4v) is 7.52. The molecular formula is C46H66N10O8.